The lowest BCUT2D eigenvalue weighted by molar-refractivity contribution is 0.543. The van der Waals surface area contributed by atoms with Crippen molar-refractivity contribution in [3.63, 3.8) is 0 Å². The lowest BCUT2D eigenvalue weighted by Crippen LogP contribution is -2.27. The SMILES string of the molecule is CC(Cc1cccc(Cl)c1)NCc1ccc(F)cc1Br. The molecule has 1 unspecified atom stereocenters. The van der Waals surface area contributed by atoms with Gasteiger partial charge in [-0.25, -0.2) is 4.39 Å². The second kappa shape index (κ2) is 7.21. The van der Waals surface area contributed by atoms with Crippen LogP contribution in [0.25, 0.3) is 0 Å². The molecule has 0 aliphatic rings. The van der Waals surface area contributed by atoms with Gasteiger partial charge in [-0.05, 0) is 48.7 Å². The van der Waals surface area contributed by atoms with Crippen LogP contribution in [0.2, 0.25) is 5.02 Å². The van der Waals surface area contributed by atoms with Gasteiger partial charge in [0.25, 0.3) is 0 Å². The highest BCUT2D eigenvalue weighted by Gasteiger charge is 2.06. The van der Waals surface area contributed by atoms with Crippen LogP contribution in [0.4, 0.5) is 4.39 Å². The molecule has 0 radical (unpaired) electrons. The molecule has 106 valence electrons. The van der Waals surface area contributed by atoms with E-state index in [2.05, 4.69) is 34.2 Å². The summed E-state index contributed by atoms with van der Waals surface area (Å²) in [4.78, 5) is 0. The molecular weight excluding hydrogens is 341 g/mol. The molecule has 4 heteroatoms. The molecule has 2 aromatic rings. The van der Waals surface area contributed by atoms with Crippen LogP contribution in [-0.2, 0) is 13.0 Å². The van der Waals surface area contributed by atoms with E-state index in [9.17, 15) is 4.39 Å². The van der Waals surface area contributed by atoms with Crippen LogP contribution in [-0.4, -0.2) is 6.04 Å². The van der Waals surface area contributed by atoms with Gasteiger partial charge in [-0.15, -0.1) is 0 Å². The number of hydrogen-bond acceptors (Lipinski definition) is 1. The fourth-order valence-electron chi connectivity index (χ4n) is 2.04. The predicted molar refractivity (Wildman–Crippen MR) is 85.6 cm³/mol. The van der Waals surface area contributed by atoms with Crippen LogP contribution in [0.3, 0.4) is 0 Å². The van der Waals surface area contributed by atoms with Gasteiger partial charge in [0.05, 0.1) is 0 Å². The first kappa shape index (κ1) is 15.5. The summed E-state index contributed by atoms with van der Waals surface area (Å²) in [7, 11) is 0. The zero-order valence-electron chi connectivity index (χ0n) is 11.2. The van der Waals surface area contributed by atoms with Crippen LogP contribution in [0.1, 0.15) is 18.1 Å². The summed E-state index contributed by atoms with van der Waals surface area (Å²) < 4.78 is 13.8. The number of nitrogens with one attached hydrogen (secondary N) is 1. The smallest absolute Gasteiger partial charge is 0.124 e. The van der Waals surface area contributed by atoms with Gasteiger partial charge in [-0.1, -0.05) is 45.7 Å². The van der Waals surface area contributed by atoms with Crippen molar-refractivity contribution >= 4 is 27.5 Å². The second-order valence-corrected chi connectivity index (χ2v) is 6.14. The van der Waals surface area contributed by atoms with Crippen molar-refractivity contribution in [2.75, 3.05) is 0 Å². The number of hydrogen-bond donors (Lipinski definition) is 1. The van der Waals surface area contributed by atoms with Crippen LogP contribution >= 0.6 is 27.5 Å². The molecule has 0 heterocycles. The molecule has 20 heavy (non-hydrogen) atoms. The summed E-state index contributed by atoms with van der Waals surface area (Å²) >= 11 is 9.35. The summed E-state index contributed by atoms with van der Waals surface area (Å²) in [6, 6.07) is 12.9. The highest BCUT2D eigenvalue weighted by atomic mass is 79.9. The Kier molecular flexibility index (Phi) is 5.58. The van der Waals surface area contributed by atoms with Crippen molar-refractivity contribution < 1.29 is 4.39 Å². The Balaban J connectivity index is 1.90. The summed E-state index contributed by atoms with van der Waals surface area (Å²) in [5, 5.41) is 4.19. The van der Waals surface area contributed by atoms with Gasteiger partial charge in [0, 0.05) is 22.1 Å². The summed E-state index contributed by atoms with van der Waals surface area (Å²) in [6.45, 7) is 2.82. The van der Waals surface area contributed by atoms with E-state index in [4.69, 9.17) is 11.6 Å². The third-order valence-electron chi connectivity index (χ3n) is 3.09. The maximum Gasteiger partial charge on any atom is 0.124 e. The molecule has 0 amide bonds. The van der Waals surface area contributed by atoms with Crippen molar-refractivity contribution in [2.45, 2.75) is 25.9 Å². The first-order valence-electron chi connectivity index (χ1n) is 6.46. The van der Waals surface area contributed by atoms with Crippen LogP contribution < -0.4 is 5.32 Å². The van der Waals surface area contributed by atoms with Crippen molar-refractivity contribution in [3.05, 3.63) is 68.9 Å². The van der Waals surface area contributed by atoms with Gasteiger partial charge in [-0.2, -0.15) is 0 Å². The van der Waals surface area contributed by atoms with Gasteiger partial charge in [0.1, 0.15) is 5.82 Å². The zero-order valence-corrected chi connectivity index (χ0v) is 13.5. The highest BCUT2D eigenvalue weighted by molar-refractivity contribution is 9.10. The van der Waals surface area contributed by atoms with Crippen molar-refractivity contribution in [1.29, 1.82) is 0 Å². The third-order valence-corrected chi connectivity index (χ3v) is 4.06. The quantitative estimate of drug-likeness (QED) is 0.798. The fourth-order valence-corrected chi connectivity index (χ4v) is 2.74. The van der Waals surface area contributed by atoms with Gasteiger partial charge < -0.3 is 5.32 Å². The lowest BCUT2D eigenvalue weighted by atomic mass is 10.1. The van der Waals surface area contributed by atoms with Crippen molar-refractivity contribution in [3.8, 4) is 0 Å². The predicted octanol–water partition coefficient (Wildman–Crippen LogP) is 4.96. The summed E-state index contributed by atoms with van der Waals surface area (Å²) in [6.07, 6.45) is 0.902. The molecule has 1 atom stereocenters. The Labute approximate surface area is 132 Å². The molecule has 2 aromatic carbocycles. The second-order valence-electron chi connectivity index (χ2n) is 4.85. The van der Waals surface area contributed by atoms with E-state index >= 15 is 0 Å². The van der Waals surface area contributed by atoms with Crippen LogP contribution in [0, 0.1) is 5.82 Å². The minimum absolute atomic E-state index is 0.229. The van der Waals surface area contributed by atoms with E-state index in [0.717, 1.165) is 21.5 Å². The van der Waals surface area contributed by atoms with Gasteiger partial charge in [0.15, 0.2) is 0 Å². The molecule has 1 N–H and O–H groups in total. The molecule has 0 aliphatic carbocycles. The zero-order chi connectivity index (χ0) is 14.5. The molecule has 0 aromatic heterocycles. The average molecular weight is 357 g/mol. The number of halogens is 3. The molecule has 2 rings (SSSR count). The van der Waals surface area contributed by atoms with Gasteiger partial charge in [-0.3, -0.25) is 0 Å². The van der Waals surface area contributed by atoms with E-state index < -0.39 is 0 Å². The Morgan fingerprint density at radius 3 is 2.75 bits per heavy atom. The van der Waals surface area contributed by atoms with E-state index in [0.29, 0.717) is 12.6 Å². The van der Waals surface area contributed by atoms with Gasteiger partial charge in [0.2, 0.25) is 0 Å². The minimum atomic E-state index is -0.229. The molecule has 1 nitrogen and oxygen atoms in total. The Bertz CT molecular complexity index is 588. The first-order chi connectivity index (χ1) is 9.54. The minimum Gasteiger partial charge on any atom is -0.310 e. The molecule has 0 saturated heterocycles. The number of rotatable bonds is 5. The summed E-state index contributed by atoms with van der Waals surface area (Å²) in [5.41, 5.74) is 2.25. The van der Waals surface area contributed by atoms with Crippen LogP contribution in [0.5, 0.6) is 0 Å². The van der Waals surface area contributed by atoms with Crippen LogP contribution in [0.15, 0.2) is 46.9 Å². The van der Waals surface area contributed by atoms with Crippen molar-refractivity contribution in [1.82, 2.24) is 5.32 Å². The van der Waals surface area contributed by atoms with Crippen molar-refractivity contribution in [2.24, 2.45) is 0 Å². The topological polar surface area (TPSA) is 12.0 Å². The molecule has 0 bridgehead atoms. The largest absolute Gasteiger partial charge is 0.310 e. The third kappa shape index (κ3) is 4.58. The van der Waals surface area contributed by atoms with E-state index in [1.54, 1.807) is 6.07 Å². The van der Waals surface area contributed by atoms with Gasteiger partial charge >= 0.3 is 0 Å². The van der Waals surface area contributed by atoms with E-state index in [1.807, 2.05) is 18.2 Å². The Morgan fingerprint density at radius 1 is 1.25 bits per heavy atom. The standard InChI is InChI=1S/C16H16BrClFN/c1-11(7-12-3-2-4-14(18)8-12)20-10-13-5-6-15(19)9-16(13)17/h2-6,8-9,11,20H,7,10H2,1H3. The maximum atomic E-state index is 13.0. The number of benzene rings is 2. The summed E-state index contributed by atoms with van der Waals surface area (Å²) in [5.74, 6) is -0.229. The average Bonchev–Trinajstić information content (AvgIpc) is 2.37. The Morgan fingerprint density at radius 2 is 2.05 bits per heavy atom. The highest BCUT2D eigenvalue weighted by Crippen LogP contribution is 2.18. The molecule has 0 fully saturated rings. The molecular formula is C16H16BrClFN. The fraction of sp³-hybridized carbons (Fsp3) is 0.250. The monoisotopic (exact) mass is 355 g/mol. The normalized spacial score (nSPS) is 12.4. The lowest BCUT2D eigenvalue weighted by Gasteiger charge is -2.15. The Hall–Kier alpha value is -0.900. The molecule has 0 spiro atoms. The van der Waals surface area contributed by atoms with E-state index in [1.165, 1.54) is 17.7 Å². The maximum absolute atomic E-state index is 13.0. The molecule has 0 saturated carbocycles. The molecule has 0 aliphatic heterocycles. The first-order valence-corrected chi connectivity index (χ1v) is 7.63. The van der Waals surface area contributed by atoms with E-state index in [-0.39, 0.29) is 5.82 Å².